The summed E-state index contributed by atoms with van der Waals surface area (Å²) in [7, 11) is 0. The number of aryl methyl sites for hydroxylation is 1. The minimum atomic E-state index is 0.403. The molecule has 1 amide bonds. The van der Waals surface area contributed by atoms with Crippen molar-refractivity contribution in [1.29, 1.82) is 0 Å². The van der Waals surface area contributed by atoms with Gasteiger partial charge >= 0.3 is 0 Å². The fraction of sp³-hybridized carbons (Fsp3) is 0.778. The quantitative estimate of drug-likeness (QED) is 0.907. The van der Waals surface area contributed by atoms with Gasteiger partial charge in [0.15, 0.2) is 0 Å². The topological polar surface area (TPSA) is 49.0 Å². The minimum Gasteiger partial charge on any atom is -0.342 e. The Balaban J connectivity index is 1.37. The third kappa shape index (κ3) is 3.06. The van der Waals surface area contributed by atoms with E-state index in [1.807, 2.05) is 6.92 Å². The van der Waals surface area contributed by atoms with Gasteiger partial charge in [-0.25, -0.2) is 0 Å². The average molecular weight is 301 g/mol. The molecule has 120 valence electrons. The van der Waals surface area contributed by atoms with E-state index in [1.165, 1.54) is 25.7 Å². The van der Waals surface area contributed by atoms with Gasteiger partial charge < -0.3 is 4.90 Å². The normalized spacial score (nSPS) is 25.7. The van der Waals surface area contributed by atoms with Gasteiger partial charge in [-0.05, 0) is 69.3 Å². The van der Waals surface area contributed by atoms with E-state index < -0.39 is 0 Å². The number of carbonyl (C=O) groups excluding carboxylic acids is 1. The Labute approximate surface area is 132 Å². The molecule has 2 heterocycles. The van der Waals surface area contributed by atoms with E-state index in [0.717, 1.165) is 55.6 Å². The Hall–Kier alpha value is -1.32. The molecule has 3 fully saturated rings. The molecule has 1 N–H and O–H groups in total. The molecule has 2 saturated carbocycles. The zero-order valence-corrected chi connectivity index (χ0v) is 13.6. The second-order valence-electron chi connectivity index (χ2n) is 7.70. The van der Waals surface area contributed by atoms with Crippen LogP contribution < -0.4 is 0 Å². The molecule has 22 heavy (non-hydrogen) atoms. The van der Waals surface area contributed by atoms with Crippen molar-refractivity contribution in [3.8, 4) is 0 Å². The van der Waals surface area contributed by atoms with Crippen LogP contribution in [0.25, 0.3) is 0 Å². The molecule has 4 nitrogen and oxygen atoms in total. The van der Waals surface area contributed by atoms with Crippen LogP contribution >= 0.6 is 0 Å². The van der Waals surface area contributed by atoms with Crippen molar-refractivity contribution in [3.63, 3.8) is 0 Å². The second-order valence-corrected chi connectivity index (χ2v) is 7.70. The lowest BCUT2D eigenvalue weighted by Gasteiger charge is -2.33. The molecule has 0 radical (unpaired) electrons. The first kappa shape index (κ1) is 14.3. The number of carbonyl (C=O) groups is 1. The number of nitrogens with one attached hydrogen (secondary N) is 1. The molecule has 1 aliphatic heterocycles. The molecular weight excluding hydrogens is 274 g/mol. The monoisotopic (exact) mass is 301 g/mol. The summed E-state index contributed by atoms with van der Waals surface area (Å²) in [6.45, 7) is 3.85. The highest BCUT2D eigenvalue weighted by molar-refractivity contribution is 5.76. The van der Waals surface area contributed by atoms with Crippen molar-refractivity contribution >= 4 is 5.91 Å². The number of aromatic nitrogens is 2. The first-order chi connectivity index (χ1) is 10.7. The van der Waals surface area contributed by atoms with Gasteiger partial charge in [-0.3, -0.25) is 9.89 Å². The van der Waals surface area contributed by atoms with Crippen LogP contribution in [0.4, 0.5) is 0 Å². The number of nitrogens with zero attached hydrogens (tertiary/aromatic N) is 2. The molecule has 2 aliphatic carbocycles. The molecule has 0 aromatic carbocycles. The summed E-state index contributed by atoms with van der Waals surface area (Å²) in [6, 6.07) is 2.13. The lowest BCUT2D eigenvalue weighted by Crippen LogP contribution is -2.40. The van der Waals surface area contributed by atoms with Crippen LogP contribution in [0.1, 0.15) is 62.3 Å². The first-order valence-electron chi connectivity index (χ1n) is 9.00. The lowest BCUT2D eigenvalue weighted by atomic mass is 9.91. The van der Waals surface area contributed by atoms with E-state index in [1.54, 1.807) is 0 Å². The molecule has 0 unspecified atom stereocenters. The highest BCUT2D eigenvalue weighted by Crippen LogP contribution is 2.50. The third-order valence-corrected chi connectivity index (χ3v) is 5.78. The van der Waals surface area contributed by atoms with Crippen molar-refractivity contribution in [2.75, 3.05) is 13.1 Å². The van der Waals surface area contributed by atoms with Crippen LogP contribution in [0.3, 0.4) is 0 Å². The van der Waals surface area contributed by atoms with Crippen molar-refractivity contribution in [1.82, 2.24) is 15.1 Å². The number of likely N-dealkylation sites (tertiary alicyclic amines) is 1. The number of piperidine rings is 1. The summed E-state index contributed by atoms with van der Waals surface area (Å²) in [6.07, 6.45) is 8.53. The maximum Gasteiger partial charge on any atom is 0.222 e. The second kappa shape index (κ2) is 5.71. The van der Waals surface area contributed by atoms with Gasteiger partial charge in [0, 0.05) is 31.1 Å². The number of hydrogen-bond donors (Lipinski definition) is 1. The third-order valence-electron chi connectivity index (χ3n) is 5.78. The summed E-state index contributed by atoms with van der Waals surface area (Å²) in [5.74, 6) is 3.25. The Morgan fingerprint density at radius 3 is 2.64 bits per heavy atom. The zero-order chi connectivity index (χ0) is 15.1. The first-order valence-corrected chi connectivity index (χ1v) is 9.00. The molecule has 1 atom stereocenters. The molecule has 1 saturated heterocycles. The fourth-order valence-corrected chi connectivity index (χ4v) is 4.19. The van der Waals surface area contributed by atoms with Crippen LogP contribution in [-0.4, -0.2) is 34.1 Å². The number of rotatable bonds is 5. The van der Waals surface area contributed by atoms with Gasteiger partial charge in [0.1, 0.15) is 0 Å². The molecule has 3 aliphatic rings. The standard InChI is InChI=1S/C18H27N3O/c1-12-9-17(20-19-12)15-3-2-8-21(11-15)18(22)10-16(13-4-5-13)14-6-7-14/h9,13-16H,2-8,10-11H2,1H3,(H,19,20)/t15-/m0/s1. The Bertz CT molecular complexity index is 532. The summed E-state index contributed by atoms with van der Waals surface area (Å²) in [5, 5.41) is 7.44. The van der Waals surface area contributed by atoms with Gasteiger partial charge in [0.25, 0.3) is 0 Å². The predicted molar refractivity (Wildman–Crippen MR) is 85.4 cm³/mol. The maximum absolute atomic E-state index is 12.8. The number of amides is 1. The summed E-state index contributed by atoms with van der Waals surface area (Å²) in [5.41, 5.74) is 2.25. The lowest BCUT2D eigenvalue weighted by molar-refractivity contribution is -0.133. The Kier molecular flexibility index (Phi) is 3.71. The Morgan fingerprint density at radius 1 is 1.32 bits per heavy atom. The van der Waals surface area contributed by atoms with Crippen LogP contribution in [0.5, 0.6) is 0 Å². The molecular formula is C18H27N3O. The van der Waals surface area contributed by atoms with Gasteiger partial charge in [-0.2, -0.15) is 5.10 Å². The smallest absolute Gasteiger partial charge is 0.222 e. The van der Waals surface area contributed by atoms with E-state index in [9.17, 15) is 4.79 Å². The maximum atomic E-state index is 12.8. The summed E-state index contributed by atoms with van der Waals surface area (Å²) >= 11 is 0. The van der Waals surface area contributed by atoms with Crippen LogP contribution in [0, 0.1) is 24.7 Å². The van der Waals surface area contributed by atoms with E-state index >= 15 is 0 Å². The average Bonchev–Trinajstić information content (AvgIpc) is 3.44. The van der Waals surface area contributed by atoms with Crippen LogP contribution in [0.2, 0.25) is 0 Å². The van der Waals surface area contributed by atoms with E-state index in [0.29, 0.717) is 17.7 Å². The number of hydrogen-bond acceptors (Lipinski definition) is 2. The highest BCUT2D eigenvalue weighted by Gasteiger charge is 2.43. The van der Waals surface area contributed by atoms with E-state index in [-0.39, 0.29) is 0 Å². The number of aromatic amines is 1. The SMILES string of the molecule is Cc1cc([C@H]2CCCN(C(=O)CC(C3CC3)C3CC3)C2)n[nH]1. The van der Waals surface area contributed by atoms with Gasteiger partial charge in [0.2, 0.25) is 5.91 Å². The number of H-pyrrole nitrogens is 1. The van der Waals surface area contributed by atoms with Crippen LogP contribution in [0.15, 0.2) is 6.07 Å². The molecule has 0 spiro atoms. The van der Waals surface area contributed by atoms with E-state index in [2.05, 4.69) is 21.2 Å². The van der Waals surface area contributed by atoms with Crippen LogP contribution in [-0.2, 0) is 4.79 Å². The van der Waals surface area contributed by atoms with E-state index in [4.69, 9.17) is 0 Å². The van der Waals surface area contributed by atoms with Crippen molar-refractivity contribution in [3.05, 3.63) is 17.5 Å². The largest absolute Gasteiger partial charge is 0.342 e. The zero-order valence-electron chi connectivity index (χ0n) is 13.6. The van der Waals surface area contributed by atoms with Crippen molar-refractivity contribution in [2.24, 2.45) is 17.8 Å². The van der Waals surface area contributed by atoms with Gasteiger partial charge in [0.05, 0.1) is 5.69 Å². The van der Waals surface area contributed by atoms with Crippen molar-refractivity contribution in [2.45, 2.75) is 57.8 Å². The minimum absolute atomic E-state index is 0.403. The molecule has 0 bridgehead atoms. The predicted octanol–water partition coefficient (Wildman–Crippen LogP) is 3.25. The molecule has 4 rings (SSSR count). The van der Waals surface area contributed by atoms with Gasteiger partial charge in [-0.15, -0.1) is 0 Å². The van der Waals surface area contributed by atoms with Gasteiger partial charge in [-0.1, -0.05) is 0 Å². The Morgan fingerprint density at radius 2 is 2.05 bits per heavy atom. The molecule has 1 aromatic heterocycles. The van der Waals surface area contributed by atoms with Crippen molar-refractivity contribution < 1.29 is 4.79 Å². The summed E-state index contributed by atoms with van der Waals surface area (Å²) in [4.78, 5) is 14.9. The highest BCUT2D eigenvalue weighted by atomic mass is 16.2. The fourth-order valence-electron chi connectivity index (χ4n) is 4.19. The summed E-state index contributed by atoms with van der Waals surface area (Å²) < 4.78 is 0. The molecule has 1 aromatic rings. The molecule has 4 heteroatoms.